The first-order valence-electron chi connectivity index (χ1n) is 12.9. The van der Waals surface area contributed by atoms with E-state index in [4.69, 9.17) is 4.74 Å². The van der Waals surface area contributed by atoms with Crippen molar-refractivity contribution >= 4 is 34.4 Å². The zero-order valence-electron chi connectivity index (χ0n) is 22.3. The fourth-order valence-electron chi connectivity index (χ4n) is 3.98. The van der Waals surface area contributed by atoms with E-state index in [2.05, 4.69) is 21.9 Å². The Hall–Kier alpha value is -4.21. The van der Waals surface area contributed by atoms with Crippen LogP contribution in [0.1, 0.15) is 30.9 Å². The summed E-state index contributed by atoms with van der Waals surface area (Å²) in [6, 6.07) is 21.5. The van der Waals surface area contributed by atoms with Crippen molar-refractivity contribution in [1.82, 2.24) is 9.96 Å². The first-order valence-corrected chi connectivity index (χ1v) is 12.9. The molecular formula is C30H35N3O6. The molecule has 0 atom stereocenters. The monoisotopic (exact) mass is 533 g/mol. The molecule has 3 aromatic rings. The third kappa shape index (κ3) is 9.55. The van der Waals surface area contributed by atoms with E-state index in [-0.39, 0.29) is 13.2 Å². The lowest BCUT2D eigenvalue weighted by Crippen LogP contribution is -2.28. The number of hydrogen-bond donors (Lipinski definition) is 2. The first kappa shape index (κ1) is 29.3. The molecule has 0 heterocycles. The van der Waals surface area contributed by atoms with Gasteiger partial charge < -0.3 is 9.47 Å². The maximum Gasteiger partial charge on any atom is 0.411 e. The second-order valence-electron chi connectivity index (χ2n) is 8.94. The van der Waals surface area contributed by atoms with Gasteiger partial charge in [-0.15, -0.1) is 0 Å². The Morgan fingerprint density at radius 1 is 0.897 bits per heavy atom. The van der Waals surface area contributed by atoms with Crippen LogP contribution in [0.3, 0.4) is 0 Å². The average molecular weight is 534 g/mol. The highest BCUT2D eigenvalue weighted by atomic mass is 16.5. The molecule has 2 amide bonds. The van der Waals surface area contributed by atoms with Crippen LogP contribution in [-0.2, 0) is 32.2 Å². The second kappa shape index (κ2) is 15.3. The minimum absolute atomic E-state index is 0.166. The van der Waals surface area contributed by atoms with Crippen LogP contribution >= 0.6 is 0 Å². The molecule has 0 fully saturated rings. The number of nitrogens with one attached hydrogen (secondary N) is 1. The predicted molar refractivity (Wildman–Crippen MR) is 149 cm³/mol. The number of amides is 2. The predicted octanol–water partition coefficient (Wildman–Crippen LogP) is 5.14. The first-order chi connectivity index (χ1) is 18.9. The van der Waals surface area contributed by atoms with E-state index in [9.17, 15) is 19.6 Å². The summed E-state index contributed by atoms with van der Waals surface area (Å²) in [7, 11) is 1.21. The number of carbonyl (C=O) groups excluding carboxylic acids is 3. The Labute approximate surface area is 228 Å². The lowest BCUT2D eigenvalue weighted by Gasteiger charge is -2.21. The molecule has 0 bridgehead atoms. The van der Waals surface area contributed by atoms with E-state index in [1.807, 2.05) is 66.7 Å². The lowest BCUT2D eigenvalue weighted by molar-refractivity contribution is -0.159. The largest absolute Gasteiger partial charge is 0.466 e. The van der Waals surface area contributed by atoms with Crippen LogP contribution < -0.4 is 5.32 Å². The lowest BCUT2D eigenvalue weighted by atomic mass is 10.1. The van der Waals surface area contributed by atoms with Crippen LogP contribution in [0.2, 0.25) is 0 Å². The van der Waals surface area contributed by atoms with E-state index < -0.39 is 18.0 Å². The van der Waals surface area contributed by atoms with Gasteiger partial charge in [-0.25, -0.2) is 14.7 Å². The number of carbonyl (C=O) groups is 3. The summed E-state index contributed by atoms with van der Waals surface area (Å²) >= 11 is 0. The fourth-order valence-corrected chi connectivity index (χ4v) is 3.98. The number of fused-ring (bicyclic) bond motifs is 1. The van der Waals surface area contributed by atoms with Crippen LogP contribution in [0, 0.1) is 0 Å². The van der Waals surface area contributed by atoms with Gasteiger partial charge in [-0.3, -0.25) is 20.2 Å². The van der Waals surface area contributed by atoms with Crippen LogP contribution in [0.5, 0.6) is 0 Å². The van der Waals surface area contributed by atoms with Crippen molar-refractivity contribution in [1.29, 1.82) is 0 Å². The minimum Gasteiger partial charge on any atom is -0.466 e. The normalized spacial score (nSPS) is 11.1. The molecule has 0 aliphatic rings. The van der Waals surface area contributed by atoms with Crippen LogP contribution in [0.15, 0.2) is 78.9 Å². The van der Waals surface area contributed by atoms with Crippen molar-refractivity contribution in [2.45, 2.75) is 32.9 Å². The smallest absolute Gasteiger partial charge is 0.411 e. The number of unbranched alkanes of at least 4 members (excludes halogenated alkanes) is 1. The fraction of sp³-hybridized carbons (Fsp3) is 0.300. The van der Waals surface area contributed by atoms with Gasteiger partial charge in [0.1, 0.15) is 6.61 Å². The number of ether oxygens (including phenoxy) is 2. The number of hydrogen-bond acceptors (Lipinski definition) is 7. The summed E-state index contributed by atoms with van der Waals surface area (Å²) in [5, 5.41) is 15.2. The maximum absolute atomic E-state index is 12.4. The highest BCUT2D eigenvalue weighted by Crippen LogP contribution is 2.23. The molecule has 0 spiro atoms. The van der Waals surface area contributed by atoms with Gasteiger partial charge in [0, 0.05) is 30.6 Å². The topological polar surface area (TPSA) is 108 Å². The minimum atomic E-state index is -0.664. The standard InChI is InChI=1S/C30H35N3O6/c1-3-32(19-6-7-20-33(37)28(34)17-18-29(35)38-2)21-23-13-15-24(16-14-23)22-39-30(36)31-27-12-8-10-25-9-4-5-11-26(25)27/h4-5,8-18,37H,3,6-7,19-22H2,1-2H3,(H,31,36). The van der Waals surface area contributed by atoms with Crippen molar-refractivity contribution in [3.05, 3.63) is 90.0 Å². The Balaban J connectivity index is 1.39. The third-order valence-corrected chi connectivity index (χ3v) is 6.18. The van der Waals surface area contributed by atoms with E-state index >= 15 is 0 Å². The van der Waals surface area contributed by atoms with Crippen molar-refractivity contribution in [3.63, 3.8) is 0 Å². The van der Waals surface area contributed by atoms with Gasteiger partial charge in [0.05, 0.1) is 12.8 Å². The summed E-state index contributed by atoms with van der Waals surface area (Å²) in [5.41, 5.74) is 2.73. The summed E-state index contributed by atoms with van der Waals surface area (Å²) in [4.78, 5) is 37.4. The number of nitrogens with zero attached hydrogens (tertiary/aromatic N) is 2. The van der Waals surface area contributed by atoms with Crippen molar-refractivity contribution < 1.29 is 29.1 Å². The van der Waals surface area contributed by atoms with Crippen molar-refractivity contribution in [2.75, 3.05) is 32.1 Å². The molecule has 2 N–H and O–H groups in total. The molecule has 206 valence electrons. The average Bonchev–Trinajstić information content (AvgIpc) is 2.96. The van der Waals surface area contributed by atoms with Gasteiger partial charge in [-0.05, 0) is 48.5 Å². The molecule has 0 unspecified atom stereocenters. The zero-order valence-corrected chi connectivity index (χ0v) is 22.3. The van der Waals surface area contributed by atoms with Crippen LogP contribution in [-0.4, -0.2) is 59.9 Å². The number of anilines is 1. The molecule has 0 aromatic heterocycles. The molecule has 9 nitrogen and oxygen atoms in total. The Morgan fingerprint density at radius 2 is 1.59 bits per heavy atom. The van der Waals surface area contributed by atoms with Gasteiger partial charge >= 0.3 is 12.1 Å². The summed E-state index contributed by atoms with van der Waals surface area (Å²) < 4.78 is 9.84. The van der Waals surface area contributed by atoms with E-state index in [1.54, 1.807) is 0 Å². The van der Waals surface area contributed by atoms with Crippen molar-refractivity contribution in [3.8, 4) is 0 Å². The molecule has 3 aromatic carbocycles. The van der Waals surface area contributed by atoms with Gasteiger partial charge in [-0.1, -0.05) is 67.6 Å². The Bertz CT molecular complexity index is 1270. The Morgan fingerprint density at radius 3 is 2.33 bits per heavy atom. The number of hydroxylamine groups is 2. The molecule has 0 aliphatic carbocycles. The molecule has 0 saturated heterocycles. The molecule has 3 rings (SSSR count). The number of rotatable bonds is 13. The van der Waals surface area contributed by atoms with E-state index in [0.717, 1.165) is 60.1 Å². The SMILES string of the molecule is CCN(CCCCN(O)C(=O)C=CC(=O)OC)Cc1ccc(COC(=O)Nc2cccc3ccccc23)cc1. The number of benzene rings is 3. The van der Waals surface area contributed by atoms with Crippen LogP contribution in [0.4, 0.5) is 10.5 Å². The Kier molecular flexibility index (Phi) is 11.5. The zero-order chi connectivity index (χ0) is 28.0. The summed E-state index contributed by atoms with van der Waals surface area (Å²) in [5.74, 6) is -1.32. The third-order valence-electron chi connectivity index (χ3n) is 6.18. The van der Waals surface area contributed by atoms with Crippen molar-refractivity contribution in [2.24, 2.45) is 0 Å². The van der Waals surface area contributed by atoms with Gasteiger partial charge in [0.25, 0.3) is 5.91 Å². The van der Waals surface area contributed by atoms with E-state index in [1.165, 1.54) is 7.11 Å². The second-order valence-corrected chi connectivity index (χ2v) is 8.94. The molecule has 0 saturated carbocycles. The van der Waals surface area contributed by atoms with E-state index in [0.29, 0.717) is 17.2 Å². The summed E-state index contributed by atoms with van der Waals surface area (Å²) in [6.07, 6.45) is 2.85. The quantitative estimate of drug-likeness (QED) is 0.103. The molecule has 9 heteroatoms. The molecule has 0 radical (unpaired) electrons. The maximum atomic E-state index is 12.4. The van der Waals surface area contributed by atoms with Crippen LogP contribution in [0.25, 0.3) is 10.8 Å². The molecular weight excluding hydrogens is 498 g/mol. The summed E-state index contributed by atoms with van der Waals surface area (Å²) in [6.45, 7) is 4.82. The van der Waals surface area contributed by atoms with Gasteiger partial charge in [-0.2, -0.15) is 0 Å². The highest BCUT2D eigenvalue weighted by molar-refractivity contribution is 6.00. The number of methoxy groups -OCH3 is 1. The van der Waals surface area contributed by atoms with Gasteiger partial charge in [0.2, 0.25) is 0 Å². The number of esters is 1. The molecule has 39 heavy (non-hydrogen) atoms. The highest BCUT2D eigenvalue weighted by Gasteiger charge is 2.10. The molecule has 0 aliphatic heterocycles. The van der Waals surface area contributed by atoms with Gasteiger partial charge in [0.15, 0.2) is 0 Å².